The molecule has 0 bridgehead atoms. The van der Waals surface area contributed by atoms with Crippen LogP contribution in [0, 0.1) is 6.92 Å². The second-order valence-electron chi connectivity index (χ2n) is 8.46. The molecule has 3 N–H and O–H groups in total. The van der Waals surface area contributed by atoms with Gasteiger partial charge in [0.1, 0.15) is 11.3 Å². The Kier molecular flexibility index (Phi) is 5.63. The SMILES string of the molecule is Cc1c(-c2ccc(-c3ccccc3-c3nc(=O)s[nH]3)cc2)cc(C(O)=S)c2nc(C(C)C)[nH]c12. The van der Waals surface area contributed by atoms with E-state index in [0.29, 0.717) is 16.9 Å². The molecule has 3 aromatic carbocycles. The van der Waals surface area contributed by atoms with Gasteiger partial charge in [0.25, 0.3) is 0 Å². The number of fused-ring (bicyclic) bond motifs is 1. The first-order valence-electron chi connectivity index (χ1n) is 10.9. The average molecular weight is 487 g/mol. The van der Waals surface area contributed by atoms with Gasteiger partial charge in [0, 0.05) is 23.0 Å². The predicted octanol–water partition coefficient (Wildman–Crippen LogP) is 6.37. The van der Waals surface area contributed by atoms with Crippen LogP contribution in [0.25, 0.3) is 44.7 Å². The molecule has 0 spiro atoms. The predicted molar refractivity (Wildman–Crippen MR) is 142 cm³/mol. The average Bonchev–Trinajstić information content (AvgIpc) is 3.47. The summed E-state index contributed by atoms with van der Waals surface area (Å²) in [6, 6.07) is 18.0. The van der Waals surface area contributed by atoms with Crippen LogP contribution in [0.1, 0.15) is 36.7 Å². The van der Waals surface area contributed by atoms with Crippen molar-refractivity contribution in [1.29, 1.82) is 0 Å². The number of aromatic nitrogens is 4. The van der Waals surface area contributed by atoms with E-state index in [4.69, 9.17) is 12.2 Å². The molecule has 0 aliphatic heterocycles. The number of aryl methyl sites for hydroxylation is 1. The van der Waals surface area contributed by atoms with Gasteiger partial charge in [-0.1, -0.05) is 62.4 Å². The second-order valence-corrected chi connectivity index (χ2v) is 9.60. The maximum atomic E-state index is 11.6. The zero-order valence-electron chi connectivity index (χ0n) is 18.8. The van der Waals surface area contributed by atoms with Crippen molar-refractivity contribution in [3.8, 4) is 33.6 Å². The number of imidazole rings is 1. The number of H-pyrrole nitrogens is 2. The van der Waals surface area contributed by atoms with Crippen molar-refractivity contribution in [3.63, 3.8) is 0 Å². The molecule has 8 heteroatoms. The first-order chi connectivity index (χ1) is 16.3. The molecule has 0 amide bonds. The number of nitrogens with zero attached hydrogens (tertiary/aromatic N) is 2. The summed E-state index contributed by atoms with van der Waals surface area (Å²) in [5.41, 5.74) is 8.01. The lowest BCUT2D eigenvalue weighted by atomic mass is 9.93. The van der Waals surface area contributed by atoms with Crippen LogP contribution in [0.15, 0.2) is 59.4 Å². The van der Waals surface area contributed by atoms with Crippen molar-refractivity contribution in [2.45, 2.75) is 26.7 Å². The van der Waals surface area contributed by atoms with Crippen LogP contribution in [0.2, 0.25) is 0 Å². The highest BCUT2D eigenvalue weighted by molar-refractivity contribution is 7.80. The smallest absolute Gasteiger partial charge is 0.344 e. The summed E-state index contributed by atoms with van der Waals surface area (Å²) in [6.07, 6.45) is 0. The maximum absolute atomic E-state index is 11.6. The van der Waals surface area contributed by atoms with Crippen LogP contribution < -0.4 is 4.87 Å². The van der Waals surface area contributed by atoms with Gasteiger partial charge in [0.15, 0.2) is 10.9 Å². The van der Waals surface area contributed by atoms with E-state index >= 15 is 0 Å². The zero-order chi connectivity index (χ0) is 24.0. The summed E-state index contributed by atoms with van der Waals surface area (Å²) in [7, 11) is 0. The molecule has 0 radical (unpaired) electrons. The van der Waals surface area contributed by atoms with Gasteiger partial charge >= 0.3 is 4.87 Å². The van der Waals surface area contributed by atoms with Gasteiger partial charge in [-0.25, -0.2) is 4.98 Å². The van der Waals surface area contributed by atoms with Crippen LogP contribution in [-0.4, -0.2) is 29.5 Å². The number of hydrogen-bond acceptors (Lipinski definition) is 5. The van der Waals surface area contributed by atoms with Gasteiger partial charge in [-0.2, -0.15) is 4.98 Å². The van der Waals surface area contributed by atoms with E-state index in [0.717, 1.165) is 56.3 Å². The van der Waals surface area contributed by atoms with E-state index in [2.05, 4.69) is 33.2 Å². The van der Waals surface area contributed by atoms with Crippen LogP contribution in [0.5, 0.6) is 0 Å². The van der Waals surface area contributed by atoms with Gasteiger partial charge in [0.05, 0.1) is 11.1 Å². The second kappa shape index (κ2) is 8.62. The Hall–Kier alpha value is -3.62. The lowest BCUT2D eigenvalue weighted by Crippen LogP contribution is -1.99. The van der Waals surface area contributed by atoms with Crippen LogP contribution in [0.4, 0.5) is 0 Å². The number of hydrogen-bond donors (Lipinski definition) is 3. The van der Waals surface area contributed by atoms with E-state index < -0.39 is 0 Å². The number of aromatic amines is 2. The van der Waals surface area contributed by atoms with Gasteiger partial charge in [-0.3, -0.25) is 9.17 Å². The molecule has 2 aromatic heterocycles. The first-order valence-corrected chi connectivity index (χ1v) is 12.1. The van der Waals surface area contributed by atoms with Crippen LogP contribution in [-0.2, 0) is 0 Å². The molecule has 5 aromatic rings. The summed E-state index contributed by atoms with van der Waals surface area (Å²) >= 11 is 6.12. The number of aliphatic hydroxyl groups is 1. The third-order valence-electron chi connectivity index (χ3n) is 5.95. The molecule has 170 valence electrons. The minimum absolute atomic E-state index is 0.171. The monoisotopic (exact) mass is 486 g/mol. The summed E-state index contributed by atoms with van der Waals surface area (Å²) < 4.78 is 2.99. The fourth-order valence-corrected chi connectivity index (χ4v) is 4.80. The standard InChI is InChI=1S/C26H22N4O2S2/c1-13(2)23-27-21-14(3)19(12-20(25(31)33)22(21)28-23)16-10-8-15(9-11-16)17-6-4-5-7-18(17)24-29-26(32)34-30-24/h4-13H,1-3H3,(H,27,28)(H,31,33)(H,29,30,32). The molecule has 0 saturated heterocycles. The Bertz CT molecular complexity index is 1590. The summed E-state index contributed by atoms with van der Waals surface area (Å²) in [5.74, 6) is 1.65. The van der Waals surface area contributed by atoms with E-state index in [-0.39, 0.29) is 15.8 Å². The number of rotatable bonds is 5. The van der Waals surface area contributed by atoms with Gasteiger partial charge in [0.2, 0.25) is 0 Å². The molecular weight excluding hydrogens is 464 g/mol. The van der Waals surface area contributed by atoms with Gasteiger partial charge in [-0.15, -0.1) is 0 Å². The molecule has 34 heavy (non-hydrogen) atoms. The largest absolute Gasteiger partial charge is 0.498 e. The minimum atomic E-state index is -0.247. The van der Waals surface area contributed by atoms with Crippen LogP contribution >= 0.6 is 23.8 Å². The molecule has 0 atom stereocenters. The number of nitrogens with one attached hydrogen (secondary N) is 2. The Morgan fingerprint density at radius 3 is 2.24 bits per heavy atom. The summed E-state index contributed by atoms with van der Waals surface area (Å²) in [5, 5.41) is 10.0. The molecule has 5 rings (SSSR count). The maximum Gasteiger partial charge on any atom is 0.344 e. The fourth-order valence-electron chi connectivity index (χ4n) is 4.16. The zero-order valence-corrected chi connectivity index (χ0v) is 20.5. The van der Waals surface area contributed by atoms with Crippen molar-refractivity contribution in [1.82, 2.24) is 19.3 Å². The first kappa shape index (κ1) is 22.2. The number of benzene rings is 3. The molecule has 2 heterocycles. The fraction of sp³-hybridized carbons (Fsp3) is 0.154. The number of thiocarbonyl (C=S) groups is 1. The quantitative estimate of drug-likeness (QED) is 0.251. The highest BCUT2D eigenvalue weighted by atomic mass is 32.1. The minimum Gasteiger partial charge on any atom is -0.498 e. The van der Waals surface area contributed by atoms with Crippen molar-refractivity contribution < 1.29 is 5.11 Å². The van der Waals surface area contributed by atoms with Crippen molar-refractivity contribution in [2.24, 2.45) is 0 Å². The summed E-state index contributed by atoms with van der Waals surface area (Å²) in [6.45, 7) is 6.19. The van der Waals surface area contributed by atoms with Crippen molar-refractivity contribution in [2.75, 3.05) is 0 Å². The molecule has 0 fully saturated rings. The topological polar surface area (TPSA) is 94.7 Å². The van der Waals surface area contributed by atoms with Crippen LogP contribution in [0.3, 0.4) is 0 Å². The lowest BCUT2D eigenvalue weighted by molar-refractivity contribution is 0.571. The van der Waals surface area contributed by atoms with E-state index in [1.54, 1.807) is 0 Å². The summed E-state index contributed by atoms with van der Waals surface area (Å²) in [4.78, 5) is 23.5. The molecule has 6 nitrogen and oxygen atoms in total. The van der Waals surface area contributed by atoms with Gasteiger partial charge < -0.3 is 10.1 Å². The molecule has 0 unspecified atom stereocenters. The highest BCUT2D eigenvalue weighted by Crippen LogP contribution is 2.35. The van der Waals surface area contributed by atoms with E-state index in [9.17, 15) is 9.90 Å². The Morgan fingerprint density at radius 1 is 1.00 bits per heavy atom. The molecular formula is C26H22N4O2S2. The van der Waals surface area contributed by atoms with Crippen molar-refractivity contribution in [3.05, 3.63) is 81.2 Å². The highest BCUT2D eigenvalue weighted by Gasteiger charge is 2.18. The van der Waals surface area contributed by atoms with Gasteiger partial charge in [-0.05, 0) is 53.0 Å². The Balaban J connectivity index is 1.61. The lowest BCUT2D eigenvalue weighted by Gasteiger charge is -2.12. The normalized spacial score (nSPS) is 11.4. The third-order valence-corrected chi connectivity index (χ3v) is 6.73. The van der Waals surface area contributed by atoms with E-state index in [1.165, 1.54) is 0 Å². The Morgan fingerprint density at radius 2 is 1.65 bits per heavy atom. The Labute approximate surface area is 205 Å². The van der Waals surface area contributed by atoms with Crippen molar-refractivity contribution >= 4 is 39.8 Å². The van der Waals surface area contributed by atoms with E-state index in [1.807, 2.05) is 61.5 Å². The molecule has 0 aliphatic carbocycles. The number of aliphatic hydroxyl groups excluding tert-OH is 1. The molecule has 0 aliphatic rings. The molecule has 0 saturated carbocycles. The third kappa shape index (κ3) is 3.85.